The molecule has 2 aromatic carbocycles. The highest BCUT2D eigenvalue weighted by molar-refractivity contribution is 8.19. The molecule has 0 unspecified atom stereocenters. The number of imide groups is 1. The van der Waals surface area contributed by atoms with E-state index in [1.807, 2.05) is 43.5 Å². The molecule has 0 radical (unpaired) electrons. The molecule has 6 nitrogen and oxygen atoms in total. The fourth-order valence-electron chi connectivity index (χ4n) is 3.92. The van der Waals surface area contributed by atoms with Gasteiger partial charge >= 0.3 is 5.97 Å². The molecule has 0 spiro atoms. The summed E-state index contributed by atoms with van der Waals surface area (Å²) >= 11 is 6.83. The van der Waals surface area contributed by atoms with Gasteiger partial charge in [0.2, 0.25) is 0 Å². The summed E-state index contributed by atoms with van der Waals surface area (Å²) in [6, 6.07) is 14.0. The normalized spacial score (nSPS) is 14.9. The number of ether oxygens (including phenoxy) is 1. The molecule has 1 aliphatic rings. The molecule has 1 fully saturated rings. The highest BCUT2D eigenvalue weighted by Gasteiger charge is 2.36. The summed E-state index contributed by atoms with van der Waals surface area (Å²) < 4.78 is 6.92. The van der Waals surface area contributed by atoms with Gasteiger partial charge in [0.1, 0.15) is 0 Å². The van der Waals surface area contributed by atoms with Crippen LogP contribution in [0.15, 0.2) is 53.4 Å². The molecule has 1 aromatic heterocycles. The van der Waals surface area contributed by atoms with Gasteiger partial charge in [-0.15, -0.1) is 0 Å². The maximum atomic E-state index is 13.0. The number of methoxy groups -OCH3 is 1. The van der Waals surface area contributed by atoms with Crippen LogP contribution in [-0.4, -0.2) is 28.8 Å². The van der Waals surface area contributed by atoms with Crippen molar-refractivity contribution in [2.24, 2.45) is 0 Å². The Kier molecular flexibility index (Phi) is 6.19. The SMILES string of the molecule is COC(=O)c1cccc(-n2c(C)cc(/C=C3/SC(=O)N(c4ccc(Cl)cc4)C3=O)c2C)c1C. The zero-order valence-electron chi connectivity index (χ0n) is 18.5. The average molecular weight is 481 g/mol. The zero-order valence-corrected chi connectivity index (χ0v) is 20.1. The van der Waals surface area contributed by atoms with Crippen LogP contribution in [0.4, 0.5) is 10.5 Å². The number of hydrogen-bond acceptors (Lipinski definition) is 5. The van der Waals surface area contributed by atoms with Gasteiger partial charge in [-0.3, -0.25) is 9.59 Å². The molecule has 0 atom stereocenters. The third-order valence-electron chi connectivity index (χ3n) is 5.59. The van der Waals surface area contributed by atoms with Crippen molar-refractivity contribution in [1.29, 1.82) is 0 Å². The van der Waals surface area contributed by atoms with Crippen LogP contribution in [0.5, 0.6) is 0 Å². The third kappa shape index (κ3) is 4.10. The average Bonchev–Trinajstić information content (AvgIpc) is 3.22. The molecule has 2 amide bonds. The van der Waals surface area contributed by atoms with Gasteiger partial charge in [-0.2, -0.15) is 0 Å². The molecule has 33 heavy (non-hydrogen) atoms. The number of carbonyl (C=O) groups excluding carboxylic acids is 3. The van der Waals surface area contributed by atoms with Crippen molar-refractivity contribution in [3.05, 3.63) is 86.5 Å². The van der Waals surface area contributed by atoms with Gasteiger partial charge in [-0.1, -0.05) is 17.7 Å². The van der Waals surface area contributed by atoms with E-state index in [4.69, 9.17) is 16.3 Å². The van der Waals surface area contributed by atoms with Gasteiger partial charge in [0.15, 0.2) is 0 Å². The quantitative estimate of drug-likeness (QED) is 0.334. The number of benzene rings is 2. The summed E-state index contributed by atoms with van der Waals surface area (Å²) in [6.45, 7) is 5.76. The van der Waals surface area contributed by atoms with Crippen LogP contribution in [0.2, 0.25) is 5.02 Å². The Morgan fingerprint density at radius 1 is 1.06 bits per heavy atom. The topological polar surface area (TPSA) is 68.6 Å². The minimum Gasteiger partial charge on any atom is -0.465 e. The van der Waals surface area contributed by atoms with Crippen LogP contribution in [0.1, 0.15) is 32.9 Å². The lowest BCUT2D eigenvalue weighted by molar-refractivity contribution is -0.113. The molecule has 4 rings (SSSR count). The molecular formula is C25H21ClN2O4S. The van der Waals surface area contributed by atoms with Crippen LogP contribution < -0.4 is 4.90 Å². The predicted octanol–water partition coefficient (Wildman–Crippen LogP) is 6.08. The van der Waals surface area contributed by atoms with Gasteiger partial charge in [0.05, 0.1) is 23.3 Å². The van der Waals surface area contributed by atoms with E-state index in [0.717, 1.165) is 44.9 Å². The molecule has 0 N–H and O–H groups in total. The Hall–Kier alpha value is -3.29. The first kappa shape index (κ1) is 22.9. The number of thioether (sulfide) groups is 1. The number of esters is 1. The third-order valence-corrected chi connectivity index (χ3v) is 6.71. The minimum absolute atomic E-state index is 0.343. The second-order valence-electron chi connectivity index (χ2n) is 7.60. The van der Waals surface area contributed by atoms with Gasteiger partial charge in [0.25, 0.3) is 11.1 Å². The van der Waals surface area contributed by atoms with E-state index >= 15 is 0 Å². The summed E-state index contributed by atoms with van der Waals surface area (Å²) in [4.78, 5) is 39.2. The first-order chi connectivity index (χ1) is 15.7. The standard InChI is InChI=1S/C25H21ClN2O4S/c1-14-12-17(16(3)27(14)21-7-5-6-20(15(21)2)24(30)32-4)13-22-23(29)28(25(31)33-22)19-10-8-18(26)9-11-19/h5-13H,1-4H3/b22-13+. The lowest BCUT2D eigenvalue weighted by atomic mass is 10.1. The van der Waals surface area contributed by atoms with E-state index < -0.39 is 5.97 Å². The summed E-state index contributed by atoms with van der Waals surface area (Å²) in [5.41, 5.74) is 5.25. The van der Waals surface area contributed by atoms with Crippen LogP contribution in [0, 0.1) is 20.8 Å². The molecule has 0 aliphatic carbocycles. The molecule has 3 aromatic rings. The van der Waals surface area contributed by atoms with Crippen molar-refractivity contribution in [2.75, 3.05) is 12.0 Å². The summed E-state index contributed by atoms with van der Waals surface area (Å²) in [7, 11) is 1.36. The molecule has 168 valence electrons. The molecule has 0 bridgehead atoms. The fraction of sp³-hybridized carbons (Fsp3) is 0.160. The lowest BCUT2D eigenvalue weighted by Crippen LogP contribution is -2.27. The van der Waals surface area contributed by atoms with Gasteiger partial charge in [0, 0.05) is 22.1 Å². The Bertz CT molecular complexity index is 1320. The molecular weight excluding hydrogens is 460 g/mol. The van der Waals surface area contributed by atoms with E-state index in [-0.39, 0.29) is 11.1 Å². The fourth-order valence-corrected chi connectivity index (χ4v) is 4.88. The molecule has 1 saturated heterocycles. The Morgan fingerprint density at radius 3 is 2.42 bits per heavy atom. The number of nitrogens with zero attached hydrogens (tertiary/aromatic N) is 2. The van der Waals surface area contributed by atoms with E-state index in [1.54, 1.807) is 36.4 Å². The van der Waals surface area contributed by atoms with Crippen LogP contribution >= 0.6 is 23.4 Å². The van der Waals surface area contributed by atoms with Crippen molar-refractivity contribution in [3.8, 4) is 5.69 Å². The summed E-state index contributed by atoms with van der Waals surface area (Å²) in [6.07, 6.45) is 1.74. The second-order valence-corrected chi connectivity index (χ2v) is 9.03. The number of halogens is 1. The van der Waals surface area contributed by atoms with E-state index in [1.165, 1.54) is 7.11 Å². The van der Waals surface area contributed by atoms with Crippen molar-refractivity contribution in [1.82, 2.24) is 4.57 Å². The van der Waals surface area contributed by atoms with Crippen LogP contribution in [0.25, 0.3) is 11.8 Å². The number of hydrogen-bond donors (Lipinski definition) is 0. The summed E-state index contributed by atoms with van der Waals surface area (Å²) in [5.74, 6) is -0.770. The monoisotopic (exact) mass is 480 g/mol. The minimum atomic E-state index is -0.395. The maximum absolute atomic E-state index is 13.0. The molecule has 8 heteroatoms. The Labute approximate surface area is 200 Å². The Balaban J connectivity index is 1.73. The lowest BCUT2D eigenvalue weighted by Gasteiger charge is -2.15. The maximum Gasteiger partial charge on any atom is 0.338 e. The van der Waals surface area contributed by atoms with Crippen molar-refractivity contribution < 1.29 is 19.1 Å². The number of aromatic nitrogens is 1. The smallest absolute Gasteiger partial charge is 0.338 e. The number of rotatable bonds is 4. The molecule has 2 heterocycles. The van der Waals surface area contributed by atoms with Crippen LogP contribution in [0.3, 0.4) is 0 Å². The first-order valence-electron chi connectivity index (χ1n) is 10.1. The number of carbonyl (C=O) groups is 3. The van der Waals surface area contributed by atoms with Gasteiger partial charge in [-0.05, 0) is 92.2 Å². The van der Waals surface area contributed by atoms with Crippen molar-refractivity contribution in [3.63, 3.8) is 0 Å². The van der Waals surface area contributed by atoms with Gasteiger partial charge < -0.3 is 9.30 Å². The van der Waals surface area contributed by atoms with Crippen molar-refractivity contribution in [2.45, 2.75) is 20.8 Å². The highest BCUT2D eigenvalue weighted by atomic mass is 35.5. The number of anilines is 1. The largest absolute Gasteiger partial charge is 0.465 e. The van der Waals surface area contributed by atoms with Crippen molar-refractivity contribution >= 4 is 52.2 Å². The van der Waals surface area contributed by atoms with E-state index in [9.17, 15) is 14.4 Å². The first-order valence-corrected chi connectivity index (χ1v) is 11.3. The predicted molar refractivity (Wildman–Crippen MR) is 131 cm³/mol. The number of amides is 2. The zero-order chi connectivity index (χ0) is 23.9. The molecule has 1 aliphatic heterocycles. The van der Waals surface area contributed by atoms with E-state index in [0.29, 0.717) is 21.2 Å². The van der Waals surface area contributed by atoms with Gasteiger partial charge in [-0.25, -0.2) is 9.69 Å². The summed E-state index contributed by atoms with van der Waals surface area (Å²) in [5, 5.41) is 0.171. The Morgan fingerprint density at radius 2 is 1.76 bits per heavy atom. The molecule has 0 saturated carbocycles. The second kappa shape index (κ2) is 8.92. The van der Waals surface area contributed by atoms with Crippen LogP contribution in [-0.2, 0) is 9.53 Å². The van der Waals surface area contributed by atoms with E-state index in [2.05, 4.69) is 0 Å². The number of aryl methyl sites for hydroxylation is 1. The highest BCUT2D eigenvalue weighted by Crippen LogP contribution is 2.37.